The van der Waals surface area contributed by atoms with Crippen molar-refractivity contribution >= 4 is 5.91 Å². The Labute approximate surface area is 119 Å². The molecule has 1 aromatic heterocycles. The van der Waals surface area contributed by atoms with Crippen molar-refractivity contribution in [3.05, 3.63) is 18.2 Å². The largest absolute Gasteiger partial charge is 0.347 e. The Morgan fingerprint density at radius 2 is 2.15 bits per heavy atom. The molecule has 0 aromatic carbocycles. The van der Waals surface area contributed by atoms with Crippen LogP contribution in [-0.2, 0) is 11.3 Å². The summed E-state index contributed by atoms with van der Waals surface area (Å²) < 4.78 is 0. The fourth-order valence-electron chi connectivity index (χ4n) is 3.69. The third kappa shape index (κ3) is 2.35. The summed E-state index contributed by atoms with van der Waals surface area (Å²) >= 11 is 0. The van der Waals surface area contributed by atoms with Crippen LogP contribution < -0.4 is 0 Å². The maximum Gasteiger partial charge on any atom is 0.227 e. The highest BCUT2D eigenvalue weighted by molar-refractivity contribution is 5.80. The zero-order chi connectivity index (χ0) is 13.5. The summed E-state index contributed by atoms with van der Waals surface area (Å²) in [4.78, 5) is 24.5. The van der Waals surface area contributed by atoms with E-state index in [0.717, 1.165) is 44.2 Å². The molecule has 1 saturated carbocycles. The van der Waals surface area contributed by atoms with Gasteiger partial charge in [0.15, 0.2) is 0 Å². The first-order valence-corrected chi connectivity index (χ1v) is 7.79. The number of piperidine rings is 1. The first-order chi connectivity index (χ1) is 9.79. The summed E-state index contributed by atoms with van der Waals surface area (Å²) in [6.07, 6.45) is 8.51. The van der Waals surface area contributed by atoms with Crippen LogP contribution in [0.2, 0.25) is 0 Å². The van der Waals surface area contributed by atoms with Gasteiger partial charge in [0.25, 0.3) is 0 Å². The minimum Gasteiger partial charge on any atom is -0.347 e. The monoisotopic (exact) mass is 274 g/mol. The molecular formula is C15H22N4O. The number of aromatic amines is 1. The molecule has 2 atom stereocenters. The van der Waals surface area contributed by atoms with Gasteiger partial charge in [-0.05, 0) is 31.6 Å². The maximum absolute atomic E-state index is 12.6. The second-order valence-corrected chi connectivity index (χ2v) is 6.63. The van der Waals surface area contributed by atoms with Crippen LogP contribution in [0.5, 0.6) is 0 Å². The van der Waals surface area contributed by atoms with E-state index in [-0.39, 0.29) is 5.92 Å². The van der Waals surface area contributed by atoms with Crippen molar-refractivity contribution in [2.45, 2.75) is 38.3 Å². The second-order valence-electron chi connectivity index (χ2n) is 6.63. The summed E-state index contributed by atoms with van der Waals surface area (Å²) in [5.41, 5.74) is 1.15. The van der Waals surface area contributed by atoms with E-state index >= 15 is 0 Å². The second kappa shape index (κ2) is 4.88. The van der Waals surface area contributed by atoms with Gasteiger partial charge in [0.1, 0.15) is 0 Å². The molecule has 0 radical (unpaired) electrons. The van der Waals surface area contributed by atoms with E-state index in [1.54, 1.807) is 6.33 Å². The Hall–Kier alpha value is -1.36. The highest BCUT2D eigenvalue weighted by Gasteiger charge is 2.42. The normalized spacial score (nSPS) is 30.8. The van der Waals surface area contributed by atoms with Gasteiger partial charge in [0.05, 0.1) is 12.2 Å². The number of rotatable bonds is 4. The Kier molecular flexibility index (Phi) is 3.02. The number of H-pyrrole nitrogens is 1. The van der Waals surface area contributed by atoms with Crippen LogP contribution in [0.4, 0.5) is 0 Å². The molecule has 5 heteroatoms. The SMILES string of the molecule is O=C1[C@H]2CC[C@H](CN(Cc3cnc[nH]3)C2)N1CC1CC1. The lowest BCUT2D eigenvalue weighted by atomic mass is 9.94. The molecule has 20 heavy (non-hydrogen) atoms. The summed E-state index contributed by atoms with van der Waals surface area (Å²) in [7, 11) is 0. The van der Waals surface area contributed by atoms with Crippen molar-refractivity contribution in [2.75, 3.05) is 19.6 Å². The average molecular weight is 274 g/mol. The Morgan fingerprint density at radius 1 is 1.25 bits per heavy atom. The predicted octanol–water partition coefficient (Wildman–Crippen LogP) is 1.24. The third-order valence-electron chi connectivity index (χ3n) is 4.97. The summed E-state index contributed by atoms with van der Waals surface area (Å²) in [6, 6.07) is 0.435. The zero-order valence-corrected chi connectivity index (χ0v) is 11.8. The van der Waals surface area contributed by atoms with Gasteiger partial charge in [0.2, 0.25) is 5.91 Å². The number of carbonyl (C=O) groups excluding carboxylic acids is 1. The van der Waals surface area contributed by atoms with E-state index in [0.29, 0.717) is 11.9 Å². The number of hydrogen-bond acceptors (Lipinski definition) is 3. The molecule has 1 N–H and O–H groups in total. The van der Waals surface area contributed by atoms with Gasteiger partial charge in [-0.25, -0.2) is 4.98 Å². The number of imidazole rings is 1. The Morgan fingerprint density at radius 3 is 2.90 bits per heavy atom. The molecule has 4 aliphatic rings. The van der Waals surface area contributed by atoms with Crippen LogP contribution in [0.1, 0.15) is 31.4 Å². The standard InChI is InChI=1S/C15H22N4O/c20-15-12-3-4-14(19(15)6-11-1-2-11)9-18(7-12)8-13-5-16-10-17-13/h5,10-12,14H,1-4,6-9H2,(H,16,17)/t12-,14+/m0/s1. The summed E-state index contributed by atoms with van der Waals surface area (Å²) in [5, 5.41) is 0. The summed E-state index contributed by atoms with van der Waals surface area (Å²) in [5.74, 6) is 1.43. The van der Waals surface area contributed by atoms with Gasteiger partial charge in [-0.2, -0.15) is 0 Å². The molecule has 3 aliphatic heterocycles. The highest BCUT2D eigenvalue weighted by Crippen LogP contribution is 2.35. The smallest absolute Gasteiger partial charge is 0.227 e. The number of fused-ring (bicyclic) bond motifs is 4. The van der Waals surface area contributed by atoms with Gasteiger partial charge in [0, 0.05) is 44.1 Å². The highest BCUT2D eigenvalue weighted by atomic mass is 16.2. The molecule has 1 amide bonds. The Bertz CT molecular complexity index is 482. The average Bonchev–Trinajstić information content (AvgIpc) is 3.17. The summed E-state index contributed by atoms with van der Waals surface area (Å²) in [6.45, 7) is 3.83. The van der Waals surface area contributed by atoms with Crippen LogP contribution in [0.25, 0.3) is 0 Å². The van der Waals surface area contributed by atoms with Crippen LogP contribution in [-0.4, -0.2) is 51.4 Å². The van der Waals surface area contributed by atoms with Crippen LogP contribution in [0.15, 0.2) is 12.5 Å². The molecule has 1 aromatic rings. The van der Waals surface area contributed by atoms with E-state index in [1.165, 1.54) is 19.3 Å². The molecule has 2 bridgehead atoms. The molecule has 0 spiro atoms. The number of carbonyl (C=O) groups is 1. The molecule has 1 aliphatic carbocycles. The van der Waals surface area contributed by atoms with E-state index < -0.39 is 0 Å². The predicted molar refractivity (Wildman–Crippen MR) is 74.8 cm³/mol. The quantitative estimate of drug-likeness (QED) is 0.899. The van der Waals surface area contributed by atoms with Crippen LogP contribution in [0, 0.1) is 11.8 Å². The lowest BCUT2D eigenvalue weighted by Crippen LogP contribution is -2.48. The molecule has 5 nitrogen and oxygen atoms in total. The number of nitrogens with zero attached hydrogens (tertiary/aromatic N) is 3. The molecule has 5 rings (SSSR count). The number of aromatic nitrogens is 2. The van der Waals surface area contributed by atoms with Crippen molar-refractivity contribution in [1.82, 2.24) is 19.8 Å². The first-order valence-electron chi connectivity index (χ1n) is 7.79. The Balaban J connectivity index is 1.48. The molecule has 4 fully saturated rings. The minimum absolute atomic E-state index is 0.218. The van der Waals surface area contributed by atoms with Gasteiger partial charge in [-0.1, -0.05) is 0 Å². The van der Waals surface area contributed by atoms with E-state index in [4.69, 9.17) is 0 Å². The van der Waals surface area contributed by atoms with Gasteiger partial charge < -0.3 is 9.88 Å². The maximum atomic E-state index is 12.6. The van der Waals surface area contributed by atoms with Crippen LogP contribution in [0.3, 0.4) is 0 Å². The van der Waals surface area contributed by atoms with Gasteiger partial charge >= 0.3 is 0 Å². The lowest BCUT2D eigenvalue weighted by Gasteiger charge is -2.36. The number of amides is 1. The minimum atomic E-state index is 0.218. The van der Waals surface area contributed by atoms with Crippen molar-refractivity contribution in [2.24, 2.45) is 11.8 Å². The van der Waals surface area contributed by atoms with Gasteiger partial charge in [-0.3, -0.25) is 9.69 Å². The number of nitrogens with one attached hydrogen (secondary N) is 1. The molecule has 3 saturated heterocycles. The number of hydrogen-bond donors (Lipinski definition) is 1. The van der Waals surface area contributed by atoms with Crippen molar-refractivity contribution < 1.29 is 4.79 Å². The molecular weight excluding hydrogens is 252 g/mol. The van der Waals surface area contributed by atoms with Crippen molar-refractivity contribution in [3.63, 3.8) is 0 Å². The van der Waals surface area contributed by atoms with E-state index in [1.807, 2.05) is 6.20 Å². The molecule has 4 heterocycles. The van der Waals surface area contributed by atoms with E-state index in [2.05, 4.69) is 19.8 Å². The lowest BCUT2D eigenvalue weighted by molar-refractivity contribution is -0.140. The third-order valence-corrected chi connectivity index (χ3v) is 4.97. The zero-order valence-electron chi connectivity index (χ0n) is 11.8. The van der Waals surface area contributed by atoms with Crippen molar-refractivity contribution in [3.8, 4) is 0 Å². The van der Waals surface area contributed by atoms with Gasteiger partial charge in [-0.15, -0.1) is 0 Å². The fraction of sp³-hybridized carbons (Fsp3) is 0.733. The first kappa shape index (κ1) is 12.4. The fourth-order valence-corrected chi connectivity index (χ4v) is 3.69. The topological polar surface area (TPSA) is 52.2 Å². The van der Waals surface area contributed by atoms with Crippen LogP contribution >= 0.6 is 0 Å². The van der Waals surface area contributed by atoms with Crippen molar-refractivity contribution in [1.29, 1.82) is 0 Å². The molecule has 0 unspecified atom stereocenters. The molecule has 108 valence electrons. The van der Waals surface area contributed by atoms with E-state index in [9.17, 15) is 4.79 Å².